The molecule has 2 aromatic rings. The predicted molar refractivity (Wildman–Crippen MR) is 124 cm³/mol. The number of nitrogens with one attached hydrogen (secondary N) is 1. The van der Waals surface area contributed by atoms with Gasteiger partial charge in [0.05, 0.1) is 16.3 Å². The summed E-state index contributed by atoms with van der Waals surface area (Å²) in [5.74, 6) is -0.0638. The van der Waals surface area contributed by atoms with Crippen LogP contribution in [0.3, 0.4) is 0 Å². The van der Waals surface area contributed by atoms with Crippen LogP contribution in [-0.4, -0.2) is 43.5 Å². The Morgan fingerprint density at radius 2 is 1.87 bits per heavy atom. The molecule has 8 heteroatoms. The maximum Gasteiger partial charge on any atom is 0.253 e. The van der Waals surface area contributed by atoms with Gasteiger partial charge >= 0.3 is 0 Å². The molecule has 1 N–H and O–H groups in total. The molecule has 1 unspecified atom stereocenters. The van der Waals surface area contributed by atoms with Gasteiger partial charge in [0.15, 0.2) is 0 Å². The molecule has 1 heterocycles. The van der Waals surface area contributed by atoms with E-state index < -0.39 is 10.0 Å². The van der Waals surface area contributed by atoms with Gasteiger partial charge in [-0.25, -0.2) is 12.7 Å². The van der Waals surface area contributed by atoms with Crippen LogP contribution in [0.2, 0.25) is 10.0 Å². The summed E-state index contributed by atoms with van der Waals surface area (Å²) in [5.41, 5.74) is 2.53. The third-order valence-electron chi connectivity index (χ3n) is 6.60. The standard InChI is InChI=1S/C23H26Cl2N2O3S/c1-2-13-31(29,30)27-11-9-23(10-12-27)19-6-4-3-5-16(19)14-21(23)26-22(28)18-8-7-17(24)15-20(18)25/h3-8,15,21H,2,9-14H2,1H3,(H,26,28). The molecule has 1 aliphatic carbocycles. The van der Waals surface area contributed by atoms with E-state index in [0.29, 0.717) is 48.0 Å². The monoisotopic (exact) mass is 480 g/mol. The topological polar surface area (TPSA) is 66.5 Å². The Morgan fingerprint density at radius 1 is 1.16 bits per heavy atom. The summed E-state index contributed by atoms with van der Waals surface area (Å²) in [5, 5.41) is 4.00. The summed E-state index contributed by atoms with van der Waals surface area (Å²) in [6, 6.07) is 13.0. The molecule has 0 radical (unpaired) electrons. The number of carbonyl (C=O) groups is 1. The van der Waals surface area contributed by atoms with Crippen molar-refractivity contribution < 1.29 is 13.2 Å². The average Bonchev–Trinajstić information content (AvgIpc) is 3.01. The SMILES string of the molecule is CCCS(=O)(=O)N1CCC2(CC1)c1ccccc1CC2NC(=O)c1ccc(Cl)cc1Cl. The van der Waals surface area contributed by atoms with Crippen LogP contribution in [0.5, 0.6) is 0 Å². The quantitative estimate of drug-likeness (QED) is 0.688. The lowest BCUT2D eigenvalue weighted by atomic mass is 9.71. The van der Waals surface area contributed by atoms with E-state index in [1.807, 2.05) is 19.1 Å². The molecule has 2 aromatic carbocycles. The molecule has 0 saturated carbocycles. The summed E-state index contributed by atoms with van der Waals surface area (Å²) in [4.78, 5) is 13.1. The molecule has 1 spiro atoms. The Kier molecular flexibility index (Phi) is 6.37. The molecule has 31 heavy (non-hydrogen) atoms. The van der Waals surface area contributed by atoms with Crippen LogP contribution in [0.25, 0.3) is 0 Å². The molecule has 1 aliphatic heterocycles. The number of rotatable bonds is 5. The Labute approximate surface area is 193 Å². The first-order valence-electron chi connectivity index (χ1n) is 10.6. The number of benzene rings is 2. The summed E-state index contributed by atoms with van der Waals surface area (Å²) >= 11 is 12.2. The van der Waals surface area contributed by atoms with Gasteiger partial charge < -0.3 is 5.32 Å². The molecule has 4 rings (SSSR count). The number of hydrogen-bond donors (Lipinski definition) is 1. The summed E-state index contributed by atoms with van der Waals surface area (Å²) in [6.45, 7) is 2.80. The number of amides is 1. The number of halogens is 2. The van der Waals surface area contributed by atoms with Gasteiger partial charge in [-0.15, -0.1) is 0 Å². The first kappa shape index (κ1) is 22.6. The van der Waals surface area contributed by atoms with Crippen LogP contribution in [-0.2, 0) is 21.9 Å². The fourth-order valence-corrected chi connectivity index (χ4v) is 7.06. The average molecular weight is 481 g/mol. The van der Waals surface area contributed by atoms with Crippen molar-refractivity contribution in [3.05, 3.63) is 69.2 Å². The minimum absolute atomic E-state index is 0.125. The normalized spacial score (nSPS) is 20.5. The molecular formula is C23H26Cl2N2O3S. The minimum Gasteiger partial charge on any atom is -0.348 e. The first-order valence-corrected chi connectivity index (χ1v) is 13.0. The van der Waals surface area contributed by atoms with E-state index in [4.69, 9.17) is 23.2 Å². The molecule has 5 nitrogen and oxygen atoms in total. The third-order valence-corrected chi connectivity index (χ3v) is 9.22. The lowest BCUT2D eigenvalue weighted by Crippen LogP contribution is -2.54. The molecular weight excluding hydrogens is 455 g/mol. The lowest BCUT2D eigenvalue weighted by molar-refractivity contribution is 0.0897. The molecule has 0 bridgehead atoms. The maximum absolute atomic E-state index is 13.1. The van der Waals surface area contributed by atoms with Gasteiger partial charge in [0.1, 0.15) is 0 Å². The molecule has 1 fully saturated rings. The minimum atomic E-state index is -3.23. The van der Waals surface area contributed by atoms with E-state index in [9.17, 15) is 13.2 Å². The summed E-state index contributed by atoms with van der Waals surface area (Å²) < 4.78 is 26.8. The highest BCUT2D eigenvalue weighted by molar-refractivity contribution is 7.89. The van der Waals surface area contributed by atoms with Crippen molar-refractivity contribution in [3.8, 4) is 0 Å². The van der Waals surface area contributed by atoms with E-state index in [0.717, 1.165) is 6.42 Å². The number of piperidine rings is 1. The number of fused-ring (bicyclic) bond motifs is 2. The molecule has 166 valence electrons. The van der Waals surface area contributed by atoms with Gasteiger partial charge in [-0.2, -0.15) is 0 Å². The smallest absolute Gasteiger partial charge is 0.253 e. The van der Waals surface area contributed by atoms with Crippen molar-refractivity contribution in [2.45, 2.75) is 44.1 Å². The number of sulfonamides is 1. The van der Waals surface area contributed by atoms with Crippen molar-refractivity contribution in [1.29, 1.82) is 0 Å². The highest BCUT2D eigenvalue weighted by Gasteiger charge is 2.50. The van der Waals surface area contributed by atoms with Crippen molar-refractivity contribution in [2.75, 3.05) is 18.8 Å². The zero-order valence-electron chi connectivity index (χ0n) is 17.4. The van der Waals surface area contributed by atoms with E-state index in [2.05, 4.69) is 17.4 Å². The largest absolute Gasteiger partial charge is 0.348 e. The second-order valence-corrected chi connectivity index (χ2v) is 11.3. The number of nitrogens with zero attached hydrogens (tertiary/aromatic N) is 1. The molecule has 1 amide bonds. The van der Waals surface area contributed by atoms with E-state index in [1.54, 1.807) is 22.5 Å². The summed E-state index contributed by atoms with van der Waals surface area (Å²) in [7, 11) is -3.23. The lowest BCUT2D eigenvalue weighted by Gasteiger charge is -2.43. The Morgan fingerprint density at radius 3 is 2.55 bits per heavy atom. The van der Waals surface area contributed by atoms with Gasteiger partial charge in [-0.3, -0.25) is 4.79 Å². The predicted octanol–water partition coefficient (Wildman–Crippen LogP) is 4.42. The molecule has 0 aromatic heterocycles. The van der Waals surface area contributed by atoms with Crippen LogP contribution >= 0.6 is 23.2 Å². The number of carbonyl (C=O) groups excluding carboxylic acids is 1. The summed E-state index contributed by atoms with van der Waals surface area (Å²) in [6.07, 6.45) is 2.67. The van der Waals surface area contributed by atoms with Crippen LogP contribution < -0.4 is 5.32 Å². The van der Waals surface area contributed by atoms with Crippen molar-refractivity contribution in [3.63, 3.8) is 0 Å². The molecule has 2 aliphatic rings. The maximum atomic E-state index is 13.1. The second-order valence-electron chi connectivity index (χ2n) is 8.38. The zero-order valence-corrected chi connectivity index (χ0v) is 19.7. The van der Waals surface area contributed by atoms with Gasteiger partial charge in [0.2, 0.25) is 10.0 Å². The Balaban J connectivity index is 1.60. The van der Waals surface area contributed by atoms with Gasteiger partial charge in [-0.05, 0) is 55.0 Å². The highest BCUT2D eigenvalue weighted by atomic mass is 35.5. The van der Waals surface area contributed by atoms with Crippen LogP contribution in [0.15, 0.2) is 42.5 Å². The van der Waals surface area contributed by atoms with E-state index in [1.165, 1.54) is 11.1 Å². The van der Waals surface area contributed by atoms with Crippen molar-refractivity contribution in [2.24, 2.45) is 0 Å². The van der Waals surface area contributed by atoms with E-state index in [-0.39, 0.29) is 23.1 Å². The second kappa shape index (κ2) is 8.74. The van der Waals surface area contributed by atoms with Crippen molar-refractivity contribution in [1.82, 2.24) is 9.62 Å². The van der Waals surface area contributed by atoms with Crippen LogP contribution in [0.4, 0.5) is 0 Å². The zero-order chi connectivity index (χ0) is 22.2. The van der Waals surface area contributed by atoms with Crippen LogP contribution in [0, 0.1) is 0 Å². The molecule has 1 atom stereocenters. The van der Waals surface area contributed by atoms with Crippen molar-refractivity contribution >= 4 is 39.1 Å². The van der Waals surface area contributed by atoms with Gasteiger partial charge in [-0.1, -0.05) is 54.4 Å². The van der Waals surface area contributed by atoms with E-state index >= 15 is 0 Å². The fraction of sp³-hybridized carbons (Fsp3) is 0.435. The third kappa shape index (κ3) is 4.23. The Hall–Kier alpha value is -1.60. The van der Waals surface area contributed by atoms with Crippen LogP contribution in [0.1, 0.15) is 47.7 Å². The highest BCUT2D eigenvalue weighted by Crippen LogP contribution is 2.47. The first-order chi connectivity index (χ1) is 14.8. The van der Waals surface area contributed by atoms with Gasteiger partial charge in [0.25, 0.3) is 5.91 Å². The fourth-order valence-electron chi connectivity index (χ4n) is 5.05. The number of hydrogen-bond acceptors (Lipinski definition) is 3. The van der Waals surface area contributed by atoms with Gasteiger partial charge in [0, 0.05) is 29.6 Å². The molecule has 1 saturated heterocycles. The Bertz CT molecular complexity index is 1100.